The summed E-state index contributed by atoms with van der Waals surface area (Å²) in [5, 5.41) is 12.7. The molecule has 2 aliphatic heterocycles. The number of rotatable bonds is 4. The predicted octanol–water partition coefficient (Wildman–Crippen LogP) is 4.45. The molecule has 1 aromatic carbocycles. The van der Waals surface area contributed by atoms with Gasteiger partial charge in [-0.2, -0.15) is 0 Å². The summed E-state index contributed by atoms with van der Waals surface area (Å²) in [6.07, 6.45) is 8.11. The van der Waals surface area contributed by atoms with Crippen LogP contribution in [-0.2, 0) is 19.9 Å². The third-order valence-corrected chi connectivity index (χ3v) is 7.90. The number of aromatic nitrogens is 4. The van der Waals surface area contributed by atoms with Gasteiger partial charge in [-0.15, -0.1) is 16.4 Å². The first-order valence-electron chi connectivity index (χ1n) is 11.2. The van der Waals surface area contributed by atoms with Gasteiger partial charge in [-0.05, 0) is 55.6 Å². The molecule has 0 radical (unpaired) electrons. The maximum absolute atomic E-state index is 6.64. The molecule has 0 saturated carbocycles. The number of hydrogen-bond acceptors (Lipinski definition) is 6. The van der Waals surface area contributed by atoms with Crippen LogP contribution in [0, 0.1) is 0 Å². The Morgan fingerprint density at radius 1 is 1.25 bits per heavy atom. The first-order valence-corrected chi connectivity index (χ1v) is 12.4. The van der Waals surface area contributed by atoms with Crippen LogP contribution in [0.15, 0.2) is 36.7 Å². The normalized spacial score (nSPS) is 18.4. The van der Waals surface area contributed by atoms with E-state index in [1.165, 1.54) is 44.8 Å². The highest BCUT2D eigenvalue weighted by atomic mass is 35.5. The smallest absolute Gasteiger partial charge is 0.0878 e. The van der Waals surface area contributed by atoms with Crippen LogP contribution in [0.1, 0.15) is 29.0 Å². The molecule has 0 amide bonds. The predicted molar refractivity (Wildman–Crippen MR) is 131 cm³/mol. The second kappa shape index (κ2) is 8.14. The second-order valence-electron chi connectivity index (χ2n) is 8.75. The zero-order valence-electron chi connectivity index (χ0n) is 18.0. The first-order chi connectivity index (χ1) is 15.7. The van der Waals surface area contributed by atoms with E-state index in [2.05, 4.69) is 49.8 Å². The molecule has 3 aromatic heterocycles. The molecule has 8 heteroatoms. The number of nitrogens with zero attached hydrogens (tertiary/aromatic N) is 5. The molecule has 164 valence electrons. The van der Waals surface area contributed by atoms with Gasteiger partial charge < -0.3 is 10.2 Å². The van der Waals surface area contributed by atoms with Crippen LogP contribution in [0.25, 0.3) is 21.3 Å². The first kappa shape index (κ1) is 20.1. The van der Waals surface area contributed by atoms with Crippen LogP contribution in [0.4, 0.5) is 5.69 Å². The highest BCUT2D eigenvalue weighted by molar-refractivity contribution is 7.19. The van der Waals surface area contributed by atoms with E-state index in [4.69, 9.17) is 11.6 Å². The lowest BCUT2D eigenvalue weighted by molar-refractivity contribution is 0.592. The summed E-state index contributed by atoms with van der Waals surface area (Å²) in [4.78, 5) is 8.55. The number of aryl methyl sites for hydroxylation is 2. The number of anilines is 1. The van der Waals surface area contributed by atoms with Gasteiger partial charge in [0.1, 0.15) is 0 Å². The summed E-state index contributed by atoms with van der Waals surface area (Å²) in [5.41, 5.74) is 7.20. The van der Waals surface area contributed by atoms with E-state index in [-0.39, 0.29) is 0 Å². The van der Waals surface area contributed by atoms with Gasteiger partial charge >= 0.3 is 0 Å². The number of thiophene rings is 1. The average molecular weight is 465 g/mol. The molecule has 1 N–H and O–H groups in total. The molecule has 0 aliphatic carbocycles. The van der Waals surface area contributed by atoms with Crippen LogP contribution in [0.5, 0.6) is 0 Å². The van der Waals surface area contributed by atoms with Crippen molar-refractivity contribution in [1.29, 1.82) is 0 Å². The number of benzene rings is 1. The molecule has 2 aliphatic rings. The number of nitrogens with one attached hydrogen (secondary N) is 1. The average Bonchev–Trinajstić information content (AvgIpc) is 3.53. The molecule has 32 heavy (non-hydrogen) atoms. The lowest BCUT2D eigenvalue weighted by Crippen LogP contribution is -2.40. The summed E-state index contributed by atoms with van der Waals surface area (Å²) in [6, 6.07) is 9.20. The van der Waals surface area contributed by atoms with Crippen molar-refractivity contribution in [2.45, 2.75) is 31.7 Å². The third kappa shape index (κ3) is 3.58. The number of pyridine rings is 1. The lowest BCUT2D eigenvalue weighted by atomic mass is 9.92. The fraction of sp³-hybridized carbons (Fsp3) is 0.375. The molecule has 6 rings (SSSR count). The minimum Gasteiger partial charge on any atom is -0.366 e. The number of fused-ring (bicyclic) bond motifs is 2. The standard InChI is InChI=1S/C24H25ClN6S/c1-30-14-17(28-29-30)11-19-12-22-24(32-19)20(5-7-27-22)21-10-16(25)9-15-3-2-8-31(23(15)21)18-4-6-26-13-18/h5,7,9-10,12,14,18,26H,2-4,6,8,11,13H2,1H3/t18-/m1/s1. The minimum atomic E-state index is 0.543. The molecular formula is C24H25ClN6S. The van der Waals surface area contributed by atoms with E-state index in [1.807, 2.05) is 19.4 Å². The van der Waals surface area contributed by atoms with Crippen molar-refractivity contribution in [2.24, 2.45) is 7.05 Å². The Hall–Kier alpha value is -2.48. The lowest BCUT2D eigenvalue weighted by Gasteiger charge is -2.38. The van der Waals surface area contributed by atoms with Gasteiger partial charge in [0.05, 0.1) is 15.9 Å². The van der Waals surface area contributed by atoms with Crippen molar-refractivity contribution in [3.63, 3.8) is 0 Å². The van der Waals surface area contributed by atoms with Gasteiger partial charge in [0.25, 0.3) is 0 Å². The quantitative estimate of drug-likeness (QED) is 0.483. The van der Waals surface area contributed by atoms with Crippen LogP contribution >= 0.6 is 22.9 Å². The van der Waals surface area contributed by atoms with Crippen molar-refractivity contribution < 1.29 is 0 Å². The molecule has 0 unspecified atom stereocenters. The molecule has 1 fully saturated rings. The van der Waals surface area contributed by atoms with Gasteiger partial charge in [0, 0.05) is 71.7 Å². The Bertz CT molecular complexity index is 1290. The van der Waals surface area contributed by atoms with Crippen molar-refractivity contribution in [2.75, 3.05) is 24.5 Å². The van der Waals surface area contributed by atoms with E-state index in [0.717, 1.165) is 48.7 Å². The fourth-order valence-electron chi connectivity index (χ4n) is 5.15. The molecule has 6 nitrogen and oxygen atoms in total. The molecule has 0 bridgehead atoms. The fourth-order valence-corrected chi connectivity index (χ4v) is 6.55. The molecule has 4 aromatic rings. The van der Waals surface area contributed by atoms with Gasteiger partial charge in [-0.25, -0.2) is 0 Å². The molecular weight excluding hydrogens is 440 g/mol. The number of halogens is 1. The van der Waals surface area contributed by atoms with Gasteiger partial charge in [0.2, 0.25) is 0 Å². The van der Waals surface area contributed by atoms with Crippen LogP contribution < -0.4 is 10.2 Å². The maximum Gasteiger partial charge on any atom is 0.0878 e. The Morgan fingerprint density at radius 3 is 3.00 bits per heavy atom. The van der Waals surface area contributed by atoms with Gasteiger partial charge in [0.15, 0.2) is 0 Å². The molecule has 1 atom stereocenters. The Morgan fingerprint density at radius 2 is 2.19 bits per heavy atom. The van der Waals surface area contributed by atoms with E-state index in [0.29, 0.717) is 6.04 Å². The summed E-state index contributed by atoms with van der Waals surface area (Å²) in [7, 11) is 1.90. The zero-order chi connectivity index (χ0) is 21.7. The monoisotopic (exact) mass is 464 g/mol. The SMILES string of the molecule is Cn1cc(Cc2cc3nccc(-c4cc(Cl)cc5c4N([C@@H]4CCNC4)CCC5)c3s2)nn1. The summed E-state index contributed by atoms with van der Waals surface area (Å²) < 4.78 is 2.96. The maximum atomic E-state index is 6.64. The summed E-state index contributed by atoms with van der Waals surface area (Å²) in [5.74, 6) is 0. The van der Waals surface area contributed by atoms with Crippen LogP contribution in [0.2, 0.25) is 5.02 Å². The highest BCUT2D eigenvalue weighted by Crippen LogP contribution is 2.44. The molecule has 1 saturated heterocycles. The van der Waals surface area contributed by atoms with Crippen molar-refractivity contribution >= 4 is 38.8 Å². The molecule has 0 spiro atoms. The van der Waals surface area contributed by atoms with Crippen molar-refractivity contribution in [3.05, 3.63) is 57.8 Å². The topological polar surface area (TPSA) is 58.9 Å². The number of hydrogen-bond donors (Lipinski definition) is 1. The highest BCUT2D eigenvalue weighted by Gasteiger charge is 2.30. The molecule has 5 heterocycles. The van der Waals surface area contributed by atoms with Crippen molar-refractivity contribution in [3.8, 4) is 11.1 Å². The van der Waals surface area contributed by atoms with E-state index in [9.17, 15) is 0 Å². The Balaban J connectivity index is 1.48. The summed E-state index contributed by atoms with van der Waals surface area (Å²) in [6.45, 7) is 3.24. The van der Waals surface area contributed by atoms with Gasteiger partial charge in [-0.1, -0.05) is 16.8 Å². The van der Waals surface area contributed by atoms with Gasteiger partial charge in [-0.3, -0.25) is 9.67 Å². The summed E-state index contributed by atoms with van der Waals surface area (Å²) >= 11 is 8.44. The minimum absolute atomic E-state index is 0.543. The second-order valence-corrected chi connectivity index (χ2v) is 10.3. The van der Waals surface area contributed by atoms with Crippen LogP contribution in [-0.4, -0.2) is 45.7 Å². The third-order valence-electron chi connectivity index (χ3n) is 6.52. The van der Waals surface area contributed by atoms with E-state index >= 15 is 0 Å². The van der Waals surface area contributed by atoms with Crippen molar-refractivity contribution in [1.82, 2.24) is 25.3 Å². The van der Waals surface area contributed by atoms with E-state index < -0.39 is 0 Å². The largest absolute Gasteiger partial charge is 0.366 e. The Kier molecular flexibility index (Phi) is 5.12. The Labute approximate surface area is 196 Å². The van der Waals surface area contributed by atoms with E-state index in [1.54, 1.807) is 16.0 Å². The zero-order valence-corrected chi connectivity index (χ0v) is 19.6. The van der Waals surface area contributed by atoms with Crippen LogP contribution in [0.3, 0.4) is 0 Å².